The number of ether oxygens (including phenoxy) is 2. The topological polar surface area (TPSA) is 50.7 Å². The number of methoxy groups -OCH3 is 1. The molecular weight excluding hydrogens is 334 g/mol. The molecule has 2 N–H and O–H groups in total. The van der Waals surface area contributed by atoms with Crippen LogP contribution in [0.1, 0.15) is 38.2 Å². The summed E-state index contributed by atoms with van der Waals surface area (Å²) in [6.07, 6.45) is 3.96. The zero-order valence-electron chi connectivity index (χ0n) is 13.0. The SMILES string of the molecule is CCNCc1cc(Br)c(OCCCCCCO)c(OC)c1. The van der Waals surface area contributed by atoms with E-state index in [1.54, 1.807) is 7.11 Å². The molecule has 0 atom stereocenters. The lowest BCUT2D eigenvalue weighted by Gasteiger charge is -2.14. The van der Waals surface area contributed by atoms with E-state index in [4.69, 9.17) is 14.6 Å². The van der Waals surface area contributed by atoms with Crippen molar-refractivity contribution in [3.05, 3.63) is 22.2 Å². The maximum atomic E-state index is 8.73. The summed E-state index contributed by atoms with van der Waals surface area (Å²) in [5.74, 6) is 1.52. The minimum Gasteiger partial charge on any atom is -0.493 e. The van der Waals surface area contributed by atoms with Crippen molar-refractivity contribution >= 4 is 15.9 Å². The highest BCUT2D eigenvalue weighted by Crippen LogP contribution is 2.36. The van der Waals surface area contributed by atoms with Crippen LogP contribution in [-0.4, -0.2) is 32.0 Å². The third-order valence-corrected chi connectivity index (χ3v) is 3.76. The quantitative estimate of drug-likeness (QED) is 0.593. The summed E-state index contributed by atoms with van der Waals surface area (Å²) < 4.78 is 12.2. The summed E-state index contributed by atoms with van der Waals surface area (Å²) in [5.41, 5.74) is 1.16. The van der Waals surface area contributed by atoms with Crippen LogP contribution in [0.15, 0.2) is 16.6 Å². The summed E-state index contributed by atoms with van der Waals surface area (Å²) >= 11 is 3.56. The van der Waals surface area contributed by atoms with Crippen LogP contribution < -0.4 is 14.8 Å². The second-order valence-corrected chi connectivity index (χ2v) is 5.73. The standard InChI is InChI=1S/C16H26BrNO3/c1-3-18-12-13-10-14(17)16(15(11-13)20-2)21-9-7-5-4-6-8-19/h10-11,18-19H,3-9,12H2,1-2H3. The Bertz CT molecular complexity index is 413. The predicted octanol–water partition coefficient (Wildman–Crippen LogP) is 3.50. The van der Waals surface area contributed by atoms with Gasteiger partial charge in [0, 0.05) is 13.2 Å². The fourth-order valence-electron chi connectivity index (χ4n) is 2.03. The van der Waals surface area contributed by atoms with Crippen LogP contribution >= 0.6 is 15.9 Å². The van der Waals surface area contributed by atoms with Crippen molar-refractivity contribution in [1.82, 2.24) is 5.32 Å². The molecule has 0 aliphatic carbocycles. The van der Waals surface area contributed by atoms with E-state index in [9.17, 15) is 0 Å². The Balaban J connectivity index is 2.56. The molecule has 0 bridgehead atoms. The van der Waals surface area contributed by atoms with Crippen LogP contribution in [0.3, 0.4) is 0 Å². The summed E-state index contributed by atoms with van der Waals surface area (Å²) in [5, 5.41) is 12.0. The minimum absolute atomic E-state index is 0.271. The van der Waals surface area contributed by atoms with Crippen LogP contribution in [0.2, 0.25) is 0 Å². The molecule has 0 aliphatic heterocycles. The number of halogens is 1. The second-order valence-electron chi connectivity index (χ2n) is 4.88. The molecule has 0 saturated heterocycles. The number of nitrogens with one attached hydrogen (secondary N) is 1. The van der Waals surface area contributed by atoms with Gasteiger partial charge in [0.2, 0.25) is 0 Å². The largest absolute Gasteiger partial charge is 0.493 e. The first kappa shape index (κ1) is 18.3. The number of aliphatic hydroxyl groups is 1. The molecule has 0 radical (unpaired) electrons. The first-order chi connectivity index (χ1) is 10.2. The maximum Gasteiger partial charge on any atom is 0.175 e. The van der Waals surface area contributed by atoms with E-state index in [0.29, 0.717) is 6.61 Å². The summed E-state index contributed by atoms with van der Waals surface area (Å²) in [6.45, 7) is 4.76. The summed E-state index contributed by atoms with van der Waals surface area (Å²) in [4.78, 5) is 0. The van der Waals surface area contributed by atoms with Crippen molar-refractivity contribution in [2.24, 2.45) is 0 Å². The number of unbranched alkanes of at least 4 members (excludes halogenated alkanes) is 3. The van der Waals surface area contributed by atoms with Crippen molar-refractivity contribution in [3.63, 3.8) is 0 Å². The lowest BCUT2D eigenvalue weighted by atomic mass is 10.2. The molecule has 0 heterocycles. The van der Waals surface area contributed by atoms with Crippen molar-refractivity contribution in [2.45, 2.75) is 39.2 Å². The van der Waals surface area contributed by atoms with Crippen LogP contribution in [0.4, 0.5) is 0 Å². The number of hydrogen-bond acceptors (Lipinski definition) is 4. The fraction of sp³-hybridized carbons (Fsp3) is 0.625. The molecule has 0 fully saturated rings. The molecule has 0 amide bonds. The van der Waals surface area contributed by atoms with E-state index >= 15 is 0 Å². The van der Waals surface area contributed by atoms with E-state index in [1.807, 2.05) is 6.07 Å². The average Bonchev–Trinajstić information content (AvgIpc) is 2.49. The van der Waals surface area contributed by atoms with Gasteiger partial charge in [-0.15, -0.1) is 0 Å². The highest BCUT2D eigenvalue weighted by atomic mass is 79.9. The molecule has 0 aromatic heterocycles. The van der Waals surface area contributed by atoms with Crippen LogP contribution in [0.5, 0.6) is 11.5 Å². The van der Waals surface area contributed by atoms with E-state index in [-0.39, 0.29) is 6.61 Å². The highest BCUT2D eigenvalue weighted by Gasteiger charge is 2.11. The molecule has 5 heteroatoms. The first-order valence-corrected chi connectivity index (χ1v) is 8.33. The average molecular weight is 360 g/mol. The molecule has 4 nitrogen and oxygen atoms in total. The zero-order valence-corrected chi connectivity index (χ0v) is 14.5. The van der Waals surface area contributed by atoms with Crippen LogP contribution in [-0.2, 0) is 6.54 Å². The monoisotopic (exact) mass is 359 g/mol. The van der Waals surface area contributed by atoms with E-state index in [2.05, 4.69) is 34.2 Å². The lowest BCUT2D eigenvalue weighted by molar-refractivity contribution is 0.267. The number of hydrogen-bond donors (Lipinski definition) is 2. The van der Waals surface area contributed by atoms with Gasteiger partial charge in [-0.2, -0.15) is 0 Å². The van der Waals surface area contributed by atoms with Crippen molar-refractivity contribution in [1.29, 1.82) is 0 Å². The van der Waals surface area contributed by atoms with Crippen molar-refractivity contribution in [2.75, 3.05) is 26.9 Å². The van der Waals surface area contributed by atoms with Gasteiger partial charge in [-0.1, -0.05) is 13.3 Å². The molecular formula is C16H26BrNO3. The lowest BCUT2D eigenvalue weighted by Crippen LogP contribution is -2.12. The van der Waals surface area contributed by atoms with E-state index in [1.165, 1.54) is 0 Å². The smallest absolute Gasteiger partial charge is 0.175 e. The number of benzene rings is 1. The Labute approximate surface area is 136 Å². The first-order valence-electron chi connectivity index (χ1n) is 7.53. The third-order valence-electron chi connectivity index (χ3n) is 3.17. The Kier molecular flexibility index (Phi) is 9.46. The van der Waals surface area contributed by atoms with Crippen LogP contribution in [0, 0.1) is 0 Å². The van der Waals surface area contributed by atoms with Gasteiger partial charge in [-0.05, 0) is 59.4 Å². The van der Waals surface area contributed by atoms with Crippen molar-refractivity contribution < 1.29 is 14.6 Å². The van der Waals surface area contributed by atoms with Gasteiger partial charge in [-0.3, -0.25) is 0 Å². The minimum atomic E-state index is 0.271. The van der Waals surface area contributed by atoms with Gasteiger partial charge in [0.1, 0.15) is 0 Å². The Hall–Kier alpha value is -0.780. The van der Waals surface area contributed by atoms with Gasteiger partial charge in [-0.25, -0.2) is 0 Å². The number of rotatable bonds is 11. The van der Waals surface area contributed by atoms with Gasteiger partial charge in [0.25, 0.3) is 0 Å². The second kappa shape index (κ2) is 10.9. The van der Waals surface area contributed by atoms with E-state index < -0.39 is 0 Å². The molecule has 1 aromatic carbocycles. The van der Waals surface area contributed by atoms with Gasteiger partial charge in [0.05, 0.1) is 18.2 Å². The van der Waals surface area contributed by atoms with Crippen molar-refractivity contribution in [3.8, 4) is 11.5 Å². The normalized spacial score (nSPS) is 10.7. The van der Waals surface area contributed by atoms with Gasteiger partial charge < -0.3 is 19.9 Å². The fourth-order valence-corrected chi connectivity index (χ4v) is 2.63. The molecule has 120 valence electrons. The third kappa shape index (κ3) is 6.68. The van der Waals surface area contributed by atoms with Crippen LogP contribution in [0.25, 0.3) is 0 Å². The molecule has 0 aliphatic rings. The number of aliphatic hydroxyl groups excluding tert-OH is 1. The Morgan fingerprint density at radius 3 is 2.62 bits per heavy atom. The van der Waals surface area contributed by atoms with E-state index in [0.717, 1.165) is 60.3 Å². The Morgan fingerprint density at radius 1 is 1.19 bits per heavy atom. The van der Waals surface area contributed by atoms with Gasteiger partial charge >= 0.3 is 0 Å². The molecule has 1 rings (SSSR count). The molecule has 0 spiro atoms. The molecule has 21 heavy (non-hydrogen) atoms. The molecule has 0 saturated carbocycles. The Morgan fingerprint density at radius 2 is 1.95 bits per heavy atom. The molecule has 1 aromatic rings. The zero-order chi connectivity index (χ0) is 15.5. The van der Waals surface area contributed by atoms with Gasteiger partial charge in [0.15, 0.2) is 11.5 Å². The maximum absolute atomic E-state index is 8.73. The highest BCUT2D eigenvalue weighted by molar-refractivity contribution is 9.10. The summed E-state index contributed by atoms with van der Waals surface area (Å²) in [7, 11) is 1.66. The summed E-state index contributed by atoms with van der Waals surface area (Å²) in [6, 6.07) is 4.07. The predicted molar refractivity (Wildman–Crippen MR) is 89.1 cm³/mol. The molecule has 0 unspecified atom stereocenters.